The van der Waals surface area contributed by atoms with E-state index in [9.17, 15) is 9.59 Å². The van der Waals surface area contributed by atoms with Gasteiger partial charge in [0.25, 0.3) is 0 Å². The van der Waals surface area contributed by atoms with Crippen LogP contribution < -0.4 is 9.47 Å². The molecule has 0 saturated heterocycles. The molecule has 2 aromatic rings. The molecule has 26 heavy (non-hydrogen) atoms. The van der Waals surface area contributed by atoms with Gasteiger partial charge in [-0.25, -0.2) is 0 Å². The molecule has 0 unspecified atom stereocenters. The van der Waals surface area contributed by atoms with Crippen molar-refractivity contribution in [1.82, 2.24) is 0 Å². The van der Waals surface area contributed by atoms with Gasteiger partial charge in [-0.1, -0.05) is 0 Å². The maximum absolute atomic E-state index is 12.0. The van der Waals surface area contributed by atoms with E-state index in [2.05, 4.69) is 0 Å². The minimum absolute atomic E-state index is 0.00115. The first-order valence-corrected chi connectivity index (χ1v) is 8.00. The van der Waals surface area contributed by atoms with Crippen LogP contribution in [0, 0.1) is 11.3 Å². The Kier molecular flexibility index (Phi) is 6.75. The number of nitriles is 1. The fourth-order valence-corrected chi connectivity index (χ4v) is 2.28. The molecule has 0 aliphatic heterocycles. The van der Waals surface area contributed by atoms with Crippen molar-refractivity contribution >= 4 is 11.8 Å². The second-order valence-electron chi connectivity index (χ2n) is 5.46. The van der Waals surface area contributed by atoms with Crippen molar-refractivity contribution in [3.05, 3.63) is 59.2 Å². The minimum atomic E-state index is -0.438. The zero-order valence-electron chi connectivity index (χ0n) is 14.7. The number of carbonyl (C=O) groups excluding carboxylic acids is 2. The van der Waals surface area contributed by atoms with Gasteiger partial charge in [0.1, 0.15) is 24.7 Å². The Morgan fingerprint density at radius 2 is 1.81 bits per heavy atom. The Balaban J connectivity index is 1.84. The van der Waals surface area contributed by atoms with E-state index < -0.39 is 5.97 Å². The van der Waals surface area contributed by atoms with Gasteiger partial charge < -0.3 is 14.2 Å². The molecule has 0 aliphatic rings. The lowest BCUT2D eigenvalue weighted by molar-refractivity contribution is -0.143. The van der Waals surface area contributed by atoms with Crippen LogP contribution in [0.2, 0.25) is 0 Å². The van der Waals surface area contributed by atoms with Gasteiger partial charge in [-0.05, 0) is 49.4 Å². The van der Waals surface area contributed by atoms with Crippen LogP contribution in [0.15, 0.2) is 42.5 Å². The summed E-state index contributed by atoms with van der Waals surface area (Å²) < 4.78 is 15.8. The van der Waals surface area contributed by atoms with Gasteiger partial charge >= 0.3 is 5.97 Å². The largest absolute Gasteiger partial charge is 0.496 e. The molecular weight excluding hydrogens is 334 g/mol. The number of ketones is 1. The van der Waals surface area contributed by atoms with Gasteiger partial charge in [0.15, 0.2) is 5.78 Å². The van der Waals surface area contributed by atoms with E-state index in [1.807, 2.05) is 6.07 Å². The first kappa shape index (κ1) is 19.0. The van der Waals surface area contributed by atoms with Crippen LogP contribution in [0.4, 0.5) is 0 Å². The summed E-state index contributed by atoms with van der Waals surface area (Å²) in [5.74, 6) is 0.599. The average Bonchev–Trinajstić information content (AvgIpc) is 2.65. The fourth-order valence-electron chi connectivity index (χ4n) is 2.28. The lowest BCUT2D eigenvalue weighted by Gasteiger charge is -2.10. The topological polar surface area (TPSA) is 85.6 Å². The molecule has 6 heteroatoms. The minimum Gasteiger partial charge on any atom is -0.496 e. The summed E-state index contributed by atoms with van der Waals surface area (Å²) in [5, 5.41) is 8.73. The SMILES string of the molecule is COc1ccc(C(C)=O)cc1CC(=O)OCCOc1ccc(C#N)cc1. The summed E-state index contributed by atoms with van der Waals surface area (Å²) in [4.78, 5) is 23.5. The molecule has 0 amide bonds. The van der Waals surface area contributed by atoms with Crippen molar-refractivity contribution in [3.8, 4) is 17.6 Å². The number of ether oxygens (including phenoxy) is 3. The maximum Gasteiger partial charge on any atom is 0.310 e. The molecule has 0 heterocycles. The van der Waals surface area contributed by atoms with E-state index in [1.54, 1.807) is 42.5 Å². The van der Waals surface area contributed by atoms with E-state index in [0.717, 1.165) is 0 Å². The van der Waals surface area contributed by atoms with Crippen molar-refractivity contribution in [1.29, 1.82) is 5.26 Å². The number of methoxy groups -OCH3 is 1. The Labute approximate surface area is 151 Å². The van der Waals surface area contributed by atoms with Crippen LogP contribution in [0.3, 0.4) is 0 Å². The third kappa shape index (κ3) is 5.35. The molecule has 0 N–H and O–H groups in total. The number of rotatable bonds is 8. The maximum atomic E-state index is 12.0. The highest BCUT2D eigenvalue weighted by atomic mass is 16.6. The Morgan fingerprint density at radius 1 is 1.08 bits per heavy atom. The van der Waals surface area contributed by atoms with Gasteiger partial charge in [-0.3, -0.25) is 9.59 Å². The number of nitrogens with zero attached hydrogens (tertiary/aromatic N) is 1. The van der Waals surface area contributed by atoms with Crippen molar-refractivity contribution < 1.29 is 23.8 Å². The summed E-state index contributed by atoms with van der Waals surface area (Å²) >= 11 is 0. The molecule has 0 spiro atoms. The molecule has 134 valence electrons. The monoisotopic (exact) mass is 353 g/mol. The fraction of sp³-hybridized carbons (Fsp3) is 0.250. The van der Waals surface area contributed by atoms with Crippen LogP contribution in [0.1, 0.15) is 28.4 Å². The number of hydrogen-bond acceptors (Lipinski definition) is 6. The molecule has 0 fully saturated rings. The summed E-state index contributed by atoms with van der Waals surface area (Å²) in [5.41, 5.74) is 1.65. The number of esters is 1. The molecule has 0 saturated carbocycles. The Bertz CT molecular complexity index is 821. The van der Waals surface area contributed by atoms with Gasteiger partial charge in [-0.2, -0.15) is 5.26 Å². The molecule has 0 aliphatic carbocycles. The van der Waals surface area contributed by atoms with Crippen LogP contribution in [0.25, 0.3) is 0 Å². The molecule has 0 bridgehead atoms. The van der Waals surface area contributed by atoms with E-state index in [-0.39, 0.29) is 25.4 Å². The molecule has 0 radical (unpaired) electrons. The predicted molar refractivity (Wildman–Crippen MR) is 94.3 cm³/mol. The zero-order valence-corrected chi connectivity index (χ0v) is 14.7. The second-order valence-corrected chi connectivity index (χ2v) is 5.46. The van der Waals surface area contributed by atoms with Crippen molar-refractivity contribution in [2.75, 3.05) is 20.3 Å². The highest BCUT2D eigenvalue weighted by molar-refractivity contribution is 5.94. The highest BCUT2D eigenvalue weighted by Gasteiger charge is 2.12. The summed E-state index contributed by atoms with van der Waals surface area (Å²) in [6.07, 6.45) is 0.00115. The summed E-state index contributed by atoms with van der Waals surface area (Å²) in [7, 11) is 1.50. The lowest BCUT2D eigenvalue weighted by Crippen LogP contribution is -2.14. The van der Waals surface area contributed by atoms with Gasteiger partial charge in [-0.15, -0.1) is 0 Å². The Morgan fingerprint density at radius 3 is 2.42 bits per heavy atom. The first-order valence-electron chi connectivity index (χ1n) is 8.00. The Hall–Kier alpha value is -3.33. The van der Waals surface area contributed by atoms with Crippen LogP contribution in [0.5, 0.6) is 11.5 Å². The standard InChI is InChI=1S/C20H19NO5/c1-14(22)16-5-8-19(24-2)17(11-16)12-20(23)26-10-9-25-18-6-3-15(13-21)4-7-18/h3-8,11H,9-10,12H2,1-2H3. The third-order valence-corrected chi connectivity index (χ3v) is 3.62. The molecule has 2 aromatic carbocycles. The van der Waals surface area contributed by atoms with E-state index in [1.165, 1.54) is 14.0 Å². The molecular formula is C20H19NO5. The zero-order chi connectivity index (χ0) is 18.9. The third-order valence-electron chi connectivity index (χ3n) is 3.62. The van der Waals surface area contributed by atoms with Crippen LogP contribution in [-0.4, -0.2) is 32.1 Å². The predicted octanol–water partition coefficient (Wildman–Crippen LogP) is 2.93. The van der Waals surface area contributed by atoms with Crippen molar-refractivity contribution in [2.45, 2.75) is 13.3 Å². The quantitative estimate of drug-likeness (QED) is 0.412. The number of benzene rings is 2. The normalized spacial score (nSPS) is 9.88. The number of hydrogen-bond donors (Lipinski definition) is 0. The molecule has 6 nitrogen and oxygen atoms in total. The average molecular weight is 353 g/mol. The number of carbonyl (C=O) groups is 2. The summed E-state index contributed by atoms with van der Waals surface area (Å²) in [6.45, 7) is 1.75. The van der Waals surface area contributed by atoms with E-state index in [0.29, 0.717) is 28.2 Å². The van der Waals surface area contributed by atoms with Crippen LogP contribution >= 0.6 is 0 Å². The lowest BCUT2D eigenvalue weighted by atomic mass is 10.0. The molecule has 0 atom stereocenters. The van der Waals surface area contributed by atoms with Gasteiger partial charge in [0.2, 0.25) is 0 Å². The van der Waals surface area contributed by atoms with Gasteiger partial charge in [0.05, 0.1) is 25.2 Å². The molecule has 2 rings (SSSR count). The smallest absolute Gasteiger partial charge is 0.310 e. The van der Waals surface area contributed by atoms with E-state index in [4.69, 9.17) is 19.5 Å². The first-order chi connectivity index (χ1) is 12.5. The van der Waals surface area contributed by atoms with Crippen molar-refractivity contribution in [2.24, 2.45) is 0 Å². The summed E-state index contributed by atoms with van der Waals surface area (Å²) in [6, 6.07) is 13.6. The second kappa shape index (κ2) is 9.23. The van der Waals surface area contributed by atoms with E-state index >= 15 is 0 Å². The molecule has 0 aromatic heterocycles. The highest BCUT2D eigenvalue weighted by Crippen LogP contribution is 2.21. The van der Waals surface area contributed by atoms with Gasteiger partial charge in [0, 0.05) is 11.1 Å². The van der Waals surface area contributed by atoms with Crippen LogP contribution in [-0.2, 0) is 16.0 Å². The number of Topliss-reactive ketones (excluding diaryl/α,β-unsaturated/α-hetero) is 1. The van der Waals surface area contributed by atoms with Crippen molar-refractivity contribution in [3.63, 3.8) is 0 Å².